The third-order valence-electron chi connectivity index (χ3n) is 3.21. The molecule has 2 nitrogen and oxygen atoms in total. The van der Waals surface area contributed by atoms with Gasteiger partial charge < -0.3 is 4.57 Å². The molecule has 0 spiro atoms. The predicted octanol–water partition coefficient (Wildman–Crippen LogP) is 4.58. The molecule has 0 saturated heterocycles. The molecule has 0 N–H and O–H groups in total. The van der Waals surface area contributed by atoms with Crippen LogP contribution in [0.4, 0.5) is 4.39 Å². The Morgan fingerprint density at radius 3 is 2.45 bits per heavy atom. The first-order chi connectivity index (χ1) is 9.51. The molecule has 0 radical (unpaired) electrons. The molecule has 0 aliphatic rings. The van der Waals surface area contributed by atoms with Crippen LogP contribution < -0.4 is 0 Å². The molecule has 1 heterocycles. The number of hydrogen-bond acceptors (Lipinski definition) is 1. The normalized spacial score (nSPS) is 11.7. The van der Waals surface area contributed by atoms with Gasteiger partial charge in [0.25, 0.3) is 0 Å². The number of rotatable bonds is 3. The zero-order valence-electron chi connectivity index (χ0n) is 11.9. The van der Waals surface area contributed by atoms with Gasteiger partial charge in [-0.05, 0) is 56.2 Å². The van der Waals surface area contributed by atoms with Gasteiger partial charge in [0, 0.05) is 17.9 Å². The summed E-state index contributed by atoms with van der Waals surface area (Å²) in [6.07, 6.45) is 3.86. The zero-order chi connectivity index (χ0) is 14.7. The third kappa shape index (κ3) is 2.97. The number of halogens is 1. The predicted molar refractivity (Wildman–Crippen MR) is 79.4 cm³/mol. The zero-order valence-corrected chi connectivity index (χ0v) is 11.9. The summed E-state index contributed by atoms with van der Waals surface area (Å²) in [5.41, 5.74) is 3.40. The lowest BCUT2D eigenvalue weighted by Gasteiger charge is -2.08. The molecular formula is C17H17FN2. The van der Waals surface area contributed by atoms with E-state index in [-0.39, 0.29) is 5.82 Å². The summed E-state index contributed by atoms with van der Waals surface area (Å²) < 4.78 is 15.1. The van der Waals surface area contributed by atoms with Crippen LogP contribution >= 0.6 is 0 Å². The highest BCUT2D eigenvalue weighted by Crippen LogP contribution is 2.21. The van der Waals surface area contributed by atoms with Gasteiger partial charge in [0.05, 0.1) is 11.6 Å². The van der Waals surface area contributed by atoms with Gasteiger partial charge in [-0.15, -0.1) is 0 Å². The van der Waals surface area contributed by atoms with Gasteiger partial charge in [-0.2, -0.15) is 5.26 Å². The molecule has 1 aromatic carbocycles. The van der Waals surface area contributed by atoms with Crippen LogP contribution in [0.5, 0.6) is 0 Å². The van der Waals surface area contributed by atoms with E-state index in [9.17, 15) is 9.65 Å². The molecule has 0 atom stereocenters. The Morgan fingerprint density at radius 1 is 1.30 bits per heavy atom. The fourth-order valence-electron chi connectivity index (χ4n) is 2.23. The van der Waals surface area contributed by atoms with Crippen LogP contribution in [-0.4, -0.2) is 4.57 Å². The SMILES string of the molecule is Cc1cc(/C=C(\C#N)c2ccc(F)cc2)cn1C(C)C. The molecule has 0 amide bonds. The van der Waals surface area contributed by atoms with Crippen molar-refractivity contribution < 1.29 is 4.39 Å². The molecule has 20 heavy (non-hydrogen) atoms. The van der Waals surface area contributed by atoms with E-state index in [2.05, 4.69) is 24.5 Å². The van der Waals surface area contributed by atoms with Gasteiger partial charge in [0.2, 0.25) is 0 Å². The number of benzene rings is 1. The van der Waals surface area contributed by atoms with Crippen LogP contribution in [0.15, 0.2) is 36.5 Å². The molecule has 102 valence electrons. The number of aryl methyl sites for hydroxylation is 1. The van der Waals surface area contributed by atoms with E-state index in [0.717, 1.165) is 16.8 Å². The van der Waals surface area contributed by atoms with Crippen molar-refractivity contribution in [2.24, 2.45) is 0 Å². The first-order valence-corrected chi connectivity index (χ1v) is 6.57. The third-order valence-corrected chi connectivity index (χ3v) is 3.21. The Hall–Kier alpha value is -2.34. The highest BCUT2D eigenvalue weighted by molar-refractivity contribution is 5.89. The lowest BCUT2D eigenvalue weighted by atomic mass is 10.1. The largest absolute Gasteiger partial charge is 0.349 e. The number of nitrogens with zero attached hydrogens (tertiary/aromatic N) is 2. The topological polar surface area (TPSA) is 28.7 Å². The van der Waals surface area contributed by atoms with Gasteiger partial charge in [-0.1, -0.05) is 12.1 Å². The highest BCUT2D eigenvalue weighted by atomic mass is 19.1. The molecule has 0 saturated carbocycles. The molecule has 2 aromatic rings. The molecule has 0 aliphatic heterocycles. The minimum atomic E-state index is -0.298. The van der Waals surface area contributed by atoms with Crippen LogP contribution in [0.2, 0.25) is 0 Å². The summed E-state index contributed by atoms with van der Waals surface area (Å²) in [5.74, 6) is -0.298. The monoisotopic (exact) mass is 268 g/mol. The number of allylic oxidation sites excluding steroid dienone is 1. The molecule has 1 aromatic heterocycles. The van der Waals surface area contributed by atoms with Gasteiger partial charge in [0.15, 0.2) is 0 Å². The number of nitriles is 1. The van der Waals surface area contributed by atoms with Gasteiger partial charge in [-0.25, -0.2) is 4.39 Å². The fraction of sp³-hybridized carbons (Fsp3) is 0.235. The summed E-state index contributed by atoms with van der Waals surface area (Å²) >= 11 is 0. The van der Waals surface area contributed by atoms with Crippen LogP contribution in [0.25, 0.3) is 11.6 Å². The molecular weight excluding hydrogens is 251 g/mol. The first-order valence-electron chi connectivity index (χ1n) is 6.57. The highest BCUT2D eigenvalue weighted by Gasteiger charge is 2.06. The summed E-state index contributed by atoms with van der Waals surface area (Å²) in [6, 6.07) is 10.6. The second-order valence-electron chi connectivity index (χ2n) is 5.09. The standard InChI is InChI=1S/C17H17FN2/c1-12(2)20-11-14(8-13(20)3)9-16(10-19)15-4-6-17(18)7-5-15/h4-9,11-12H,1-3H3/b16-9+. The average Bonchev–Trinajstić information content (AvgIpc) is 2.78. The summed E-state index contributed by atoms with van der Waals surface area (Å²) in [7, 11) is 0. The van der Waals surface area contributed by atoms with Crippen LogP contribution in [-0.2, 0) is 0 Å². The van der Waals surface area contributed by atoms with Crippen LogP contribution in [0, 0.1) is 24.1 Å². The Labute approximate surface area is 118 Å². The van der Waals surface area contributed by atoms with Crippen molar-refractivity contribution in [3.63, 3.8) is 0 Å². The first kappa shape index (κ1) is 14.1. The molecule has 0 unspecified atom stereocenters. The second kappa shape index (κ2) is 5.75. The summed E-state index contributed by atoms with van der Waals surface area (Å²) in [4.78, 5) is 0. The minimum Gasteiger partial charge on any atom is -0.349 e. The smallest absolute Gasteiger partial charge is 0.123 e. The van der Waals surface area contributed by atoms with Crippen molar-refractivity contribution >= 4 is 11.6 Å². The van der Waals surface area contributed by atoms with Crippen molar-refractivity contribution in [2.75, 3.05) is 0 Å². The van der Waals surface area contributed by atoms with Crippen LogP contribution in [0.1, 0.15) is 36.7 Å². The second-order valence-corrected chi connectivity index (χ2v) is 5.09. The van der Waals surface area contributed by atoms with Gasteiger partial charge in [0.1, 0.15) is 5.82 Å². The Kier molecular flexibility index (Phi) is 4.05. The van der Waals surface area contributed by atoms with Gasteiger partial charge >= 0.3 is 0 Å². The van der Waals surface area contributed by atoms with E-state index in [1.165, 1.54) is 12.1 Å². The van der Waals surface area contributed by atoms with E-state index >= 15 is 0 Å². The Morgan fingerprint density at radius 2 is 1.95 bits per heavy atom. The van der Waals surface area contributed by atoms with Crippen molar-refractivity contribution in [1.29, 1.82) is 5.26 Å². The quantitative estimate of drug-likeness (QED) is 0.749. The molecule has 2 rings (SSSR count). The van der Waals surface area contributed by atoms with E-state index in [4.69, 9.17) is 0 Å². The van der Waals surface area contributed by atoms with Crippen molar-refractivity contribution in [1.82, 2.24) is 4.57 Å². The van der Waals surface area contributed by atoms with E-state index in [0.29, 0.717) is 11.6 Å². The number of hydrogen-bond donors (Lipinski definition) is 0. The van der Waals surface area contributed by atoms with Crippen molar-refractivity contribution in [2.45, 2.75) is 26.8 Å². The summed E-state index contributed by atoms with van der Waals surface area (Å²) in [5, 5.41) is 9.28. The maximum atomic E-state index is 12.9. The molecule has 0 aliphatic carbocycles. The Balaban J connectivity index is 2.39. The minimum absolute atomic E-state index is 0.298. The maximum Gasteiger partial charge on any atom is 0.123 e. The van der Waals surface area contributed by atoms with E-state index in [1.54, 1.807) is 12.1 Å². The van der Waals surface area contributed by atoms with Crippen molar-refractivity contribution in [3.05, 3.63) is 59.2 Å². The maximum absolute atomic E-state index is 12.9. The van der Waals surface area contributed by atoms with E-state index in [1.807, 2.05) is 25.3 Å². The fourth-order valence-corrected chi connectivity index (χ4v) is 2.23. The average molecular weight is 268 g/mol. The lowest BCUT2D eigenvalue weighted by Crippen LogP contribution is -1.99. The summed E-state index contributed by atoms with van der Waals surface area (Å²) in [6.45, 7) is 6.28. The van der Waals surface area contributed by atoms with Gasteiger partial charge in [-0.3, -0.25) is 0 Å². The van der Waals surface area contributed by atoms with Crippen LogP contribution in [0.3, 0.4) is 0 Å². The Bertz CT molecular complexity index is 670. The van der Waals surface area contributed by atoms with E-state index < -0.39 is 0 Å². The molecule has 0 fully saturated rings. The molecule has 0 bridgehead atoms. The molecule has 3 heteroatoms. The van der Waals surface area contributed by atoms with Crippen molar-refractivity contribution in [3.8, 4) is 6.07 Å². The lowest BCUT2D eigenvalue weighted by molar-refractivity contribution is 0.589. The number of aromatic nitrogens is 1.